The van der Waals surface area contributed by atoms with Gasteiger partial charge >= 0.3 is 5.97 Å². The molecule has 0 bridgehead atoms. The van der Waals surface area contributed by atoms with Crippen LogP contribution in [0.3, 0.4) is 0 Å². The fraction of sp³-hybridized carbons (Fsp3) is 0.656. The molecule has 0 aromatic heterocycles. The number of benzene rings is 1. The van der Waals surface area contributed by atoms with Crippen LogP contribution in [0.4, 0.5) is 8.78 Å². The summed E-state index contributed by atoms with van der Waals surface area (Å²) in [5.41, 5.74) is 0.282. The molecule has 4 heteroatoms. The molecule has 0 aliphatic heterocycles. The highest BCUT2D eigenvalue weighted by molar-refractivity contribution is 5.75. The van der Waals surface area contributed by atoms with Crippen molar-refractivity contribution in [3.8, 4) is 5.75 Å². The van der Waals surface area contributed by atoms with Crippen molar-refractivity contribution >= 4 is 5.97 Å². The Morgan fingerprint density at radius 3 is 2.31 bits per heavy atom. The third kappa shape index (κ3) is 6.66. The van der Waals surface area contributed by atoms with Crippen molar-refractivity contribution in [2.75, 3.05) is 0 Å². The maximum absolute atomic E-state index is 14.5. The molecule has 198 valence electrons. The smallest absolute Gasteiger partial charge is 0.314 e. The van der Waals surface area contributed by atoms with Crippen LogP contribution in [0.2, 0.25) is 0 Å². The first-order valence-corrected chi connectivity index (χ1v) is 14.4. The van der Waals surface area contributed by atoms with E-state index >= 15 is 0 Å². The molecule has 1 aromatic rings. The number of halogens is 2. The first kappa shape index (κ1) is 27.1. The molecular formula is C32H44F2O2. The average Bonchev–Trinajstić information content (AvgIpc) is 2.91. The maximum atomic E-state index is 14.5. The maximum Gasteiger partial charge on any atom is 0.314 e. The van der Waals surface area contributed by atoms with E-state index in [1.807, 2.05) is 0 Å². The number of hydrogen-bond acceptors (Lipinski definition) is 2. The van der Waals surface area contributed by atoms with Crippen LogP contribution in [-0.2, 0) is 11.2 Å². The average molecular weight is 499 g/mol. The van der Waals surface area contributed by atoms with Crippen molar-refractivity contribution in [2.24, 2.45) is 35.5 Å². The van der Waals surface area contributed by atoms with E-state index in [2.05, 4.69) is 25.7 Å². The van der Waals surface area contributed by atoms with E-state index in [-0.39, 0.29) is 17.2 Å². The van der Waals surface area contributed by atoms with Gasteiger partial charge in [0.15, 0.2) is 11.6 Å². The number of ether oxygens (including phenoxy) is 1. The summed E-state index contributed by atoms with van der Waals surface area (Å²) in [6, 6.07) is 2.89. The fourth-order valence-electron chi connectivity index (χ4n) is 7.33. The van der Waals surface area contributed by atoms with Gasteiger partial charge in [-0.15, -0.1) is 6.58 Å². The highest BCUT2D eigenvalue weighted by Crippen LogP contribution is 2.49. The quantitative estimate of drug-likeness (QED) is 0.193. The van der Waals surface area contributed by atoms with Crippen LogP contribution >= 0.6 is 0 Å². The molecule has 0 radical (unpaired) electrons. The summed E-state index contributed by atoms with van der Waals surface area (Å²) in [4.78, 5) is 12.8. The first-order valence-electron chi connectivity index (χ1n) is 14.4. The molecule has 0 spiro atoms. The summed E-state index contributed by atoms with van der Waals surface area (Å²) in [5, 5.41) is 0. The molecule has 36 heavy (non-hydrogen) atoms. The van der Waals surface area contributed by atoms with Gasteiger partial charge in [0.2, 0.25) is 5.82 Å². The van der Waals surface area contributed by atoms with Crippen molar-refractivity contribution in [3.05, 3.63) is 54.1 Å². The highest BCUT2D eigenvalue weighted by Gasteiger charge is 2.39. The second kappa shape index (κ2) is 13.0. The Morgan fingerprint density at radius 2 is 1.58 bits per heavy atom. The summed E-state index contributed by atoms with van der Waals surface area (Å²) in [6.07, 6.45) is 21.7. The van der Waals surface area contributed by atoms with Crippen molar-refractivity contribution in [1.29, 1.82) is 0 Å². The SMILES string of the molecule is C=CCCc1ccc(OC(=O)C2CCC(C3CCC4CC(CC/C=C/C)CCC4C3)CC2)c(F)c1F. The van der Waals surface area contributed by atoms with E-state index in [4.69, 9.17) is 4.74 Å². The van der Waals surface area contributed by atoms with Crippen LogP contribution in [0.1, 0.15) is 96.0 Å². The number of fused-ring (bicyclic) bond motifs is 1. The van der Waals surface area contributed by atoms with Crippen LogP contribution in [0, 0.1) is 47.1 Å². The van der Waals surface area contributed by atoms with Gasteiger partial charge in [-0.1, -0.05) is 30.7 Å². The Hall–Kier alpha value is -1.97. The second-order valence-electron chi connectivity index (χ2n) is 11.6. The largest absolute Gasteiger partial charge is 0.423 e. The summed E-state index contributed by atoms with van der Waals surface area (Å²) < 4.78 is 34.2. The minimum absolute atomic E-state index is 0.215. The highest BCUT2D eigenvalue weighted by atomic mass is 19.2. The molecule has 3 saturated carbocycles. The number of allylic oxidation sites excluding steroid dienone is 3. The van der Waals surface area contributed by atoms with E-state index < -0.39 is 17.6 Å². The molecule has 0 saturated heterocycles. The van der Waals surface area contributed by atoms with Crippen molar-refractivity contribution in [2.45, 2.75) is 96.8 Å². The van der Waals surface area contributed by atoms with Crippen LogP contribution in [0.25, 0.3) is 0 Å². The lowest BCUT2D eigenvalue weighted by atomic mass is 9.60. The topological polar surface area (TPSA) is 26.3 Å². The molecular weight excluding hydrogens is 454 g/mol. The Bertz CT molecular complexity index is 915. The zero-order valence-electron chi connectivity index (χ0n) is 22.0. The summed E-state index contributed by atoms with van der Waals surface area (Å²) in [7, 11) is 0. The molecule has 3 fully saturated rings. The lowest BCUT2D eigenvalue weighted by Crippen LogP contribution is -2.35. The van der Waals surface area contributed by atoms with E-state index in [9.17, 15) is 13.6 Å². The van der Waals surface area contributed by atoms with Gasteiger partial charge in [-0.05, 0) is 132 Å². The number of rotatable bonds is 9. The molecule has 4 rings (SSSR count). The number of carbonyl (C=O) groups is 1. The van der Waals surface area contributed by atoms with E-state index in [1.165, 1.54) is 63.5 Å². The van der Waals surface area contributed by atoms with E-state index in [0.717, 1.165) is 49.4 Å². The Morgan fingerprint density at radius 1 is 0.917 bits per heavy atom. The molecule has 0 amide bonds. The normalized spacial score (nSPS) is 30.6. The fourth-order valence-corrected chi connectivity index (χ4v) is 7.33. The van der Waals surface area contributed by atoms with Crippen LogP contribution in [0.5, 0.6) is 5.75 Å². The standard InChI is InChI=1S/C32H44F2O2/c1-3-5-7-8-22-10-11-28-21-27(17-16-26(28)20-22)23-12-14-25(15-13-23)32(35)36-29-19-18-24(9-6-4-2)30(33)31(29)34/h3-5,18-19,22-23,25-28H,2,6-17,20-21H2,1H3/b5-3+. The molecule has 3 aliphatic rings. The van der Waals surface area contributed by atoms with Crippen molar-refractivity contribution < 1.29 is 18.3 Å². The molecule has 0 N–H and O–H groups in total. The molecule has 2 nitrogen and oxygen atoms in total. The Balaban J connectivity index is 1.23. The van der Waals surface area contributed by atoms with Gasteiger partial charge in [0.05, 0.1) is 5.92 Å². The third-order valence-corrected chi connectivity index (χ3v) is 9.47. The van der Waals surface area contributed by atoms with E-state index in [0.29, 0.717) is 18.8 Å². The van der Waals surface area contributed by atoms with Crippen molar-refractivity contribution in [1.82, 2.24) is 0 Å². The number of aryl methyl sites for hydroxylation is 1. The molecule has 0 heterocycles. The molecule has 4 unspecified atom stereocenters. The monoisotopic (exact) mass is 498 g/mol. The first-order chi connectivity index (χ1) is 17.5. The number of hydrogen-bond donors (Lipinski definition) is 0. The van der Waals surface area contributed by atoms with Crippen molar-refractivity contribution in [3.63, 3.8) is 0 Å². The predicted molar refractivity (Wildman–Crippen MR) is 142 cm³/mol. The lowest BCUT2D eigenvalue weighted by Gasteiger charge is -2.45. The lowest BCUT2D eigenvalue weighted by molar-refractivity contribution is -0.140. The predicted octanol–water partition coefficient (Wildman–Crippen LogP) is 8.98. The molecule has 3 aliphatic carbocycles. The van der Waals surface area contributed by atoms with Gasteiger partial charge in [-0.2, -0.15) is 4.39 Å². The third-order valence-electron chi connectivity index (χ3n) is 9.47. The van der Waals surface area contributed by atoms with E-state index in [1.54, 1.807) is 6.08 Å². The van der Waals surface area contributed by atoms with Gasteiger partial charge < -0.3 is 4.74 Å². The zero-order valence-corrected chi connectivity index (χ0v) is 22.0. The minimum atomic E-state index is -1.06. The van der Waals surface area contributed by atoms with Crippen LogP contribution < -0.4 is 4.74 Å². The van der Waals surface area contributed by atoms with Gasteiger partial charge in [-0.25, -0.2) is 4.39 Å². The van der Waals surface area contributed by atoms with Gasteiger partial charge in [0, 0.05) is 0 Å². The number of esters is 1. The summed E-state index contributed by atoms with van der Waals surface area (Å²) >= 11 is 0. The van der Waals surface area contributed by atoms with Crippen LogP contribution in [0.15, 0.2) is 36.9 Å². The van der Waals surface area contributed by atoms with Gasteiger partial charge in [-0.3, -0.25) is 4.79 Å². The Labute approximate surface area is 216 Å². The number of carbonyl (C=O) groups excluding carboxylic acids is 1. The Kier molecular flexibility index (Phi) is 9.79. The van der Waals surface area contributed by atoms with Crippen LogP contribution in [-0.4, -0.2) is 5.97 Å². The molecule has 4 atom stereocenters. The van der Waals surface area contributed by atoms with Gasteiger partial charge in [0.25, 0.3) is 0 Å². The molecule has 1 aromatic carbocycles. The van der Waals surface area contributed by atoms with Gasteiger partial charge in [0.1, 0.15) is 0 Å². The second-order valence-corrected chi connectivity index (χ2v) is 11.6. The minimum Gasteiger partial charge on any atom is -0.423 e. The summed E-state index contributed by atoms with van der Waals surface area (Å²) in [6.45, 7) is 5.73. The zero-order chi connectivity index (χ0) is 25.5. The summed E-state index contributed by atoms with van der Waals surface area (Å²) in [5.74, 6) is 1.33.